The summed E-state index contributed by atoms with van der Waals surface area (Å²) in [5.41, 5.74) is 0.225. The van der Waals surface area contributed by atoms with E-state index in [0.717, 1.165) is 12.8 Å². The van der Waals surface area contributed by atoms with Crippen molar-refractivity contribution in [3.8, 4) is 0 Å². The lowest BCUT2D eigenvalue weighted by atomic mass is 9.83. The maximum absolute atomic E-state index is 10.5. The molecule has 2 atom stereocenters. The summed E-state index contributed by atoms with van der Waals surface area (Å²) in [6.45, 7) is 6.43. The number of carbonyl (C=O) groups is 1. The molecule has 1 aliphatic rings. The first-order chi connectivity index (χ1) is 4.99. The van der Waals surface area contributed by atoms with Crippen LogP contribution in [0.4, 0.5) is 0 Å². The molecule has 0 aromatic carbocycles. The number of hydrogen-bond donors (Lipinski definition) is 1. The van der Waals surface area contributed by atoms with E-state index in [1.54, 1.807) is 0 Å². The van der Waals surface area contributed by atoms with E-state index in [2.05, 4.69) is 20.8 Å². The molecule has 0 amide bonds. The second-order valence-electron chi connectivity index (χ2n) is 4.13. The van der Waals surface area contributed by atoms with Crippen LogP contribution in [0.5, 0.6) is 0 Å². The first-order valence-corrected chi connectivity index (χ1v) is 4.22. The van der Waals surface area contributed by atoms with Crippen molar-refractivity contribution in [3.63, 3.8) is 0 Å². The Kier molecular flexibility index (Phi) is 1.95. The molecule has 0 spiro atoms. The molecular weight excluding hydrogens is 140 g/mol. The molecule has 0 heterocycles. The summed E-state index contributed by atoms with van der Waals surface area (Å²) in [6, 6.07) is 0. The highest BCUT2D eigenvalue weighted by atomic mass is 16.4. The van der Waals surface area contributed by atoms with Crippen molar-refractivity contribution in [3.05, 3.63) is 0 Å². The topological polar surface area (TPSA) is 37.3 Å². The zero-order chi connectivity index (χ0) is 8.65. The van der Waals surface area contributed by atoms with Gasteiger partial charge in [-0.25, -0.2) is 0 Å². The summed E-state index contributed by atoms with van der Waals surface area (Å²) < 4.78 is 0. The monoisotopic (exact) mass is 156 g/mol. The number of rotatable bonds is 3. The van der Waals surface area contributed by atoms with Crippen molar-refractivity contribution >= 4 is 5.97 Å². The van der Waals surface area contributed by atoms with E-state index in [-0.39, 0.29) is 11.3 Å². The lowest BCUT2D eigenvalue weighted by Gasteiger charge is -2.21. The van der Waals surface area contributed by atoms with Gasteiger partial charge in [-0.15, -0.1) is 0 Å². The molecule has 0 radical (unpaired) electrons. The molecule has 2 unspecified atom stereocenters. The third kappa shape index (κ3) is 1.55. The molecule has 0 aromatic rings. The van der Waals surface area contributed by atoms with Crippen LogP contribution in [0.15, 0.2) is 0 Å². The van der Waals surface area contributed by atoms with Gasteiger partial charge in [0.05, 0.1) is 5.92 Å². The summed E-state index contributed by atoms with van der Waals surface area (Å²) in [6.07, 6.45) is 1.96. The molecule has 1 rings (SSSR count). The second kappa shape index (κ2) is 2.50. The molecule has 1 N–H and O–H groups in total. The van der Waals surface area contributed by atoms with Crippen LogP contribution in [0, 0.1) is 17.3 Å². The van der Waals surface area contributed by atoms with Gasteiger partial charge in [-0.3, -0.25) is 4.79 Å². The van der Waals surface area contributed by atoms with Gasteiger partial charge >= 0.3 is 5.97 Å². The molecule has 0 aromatic heterocycles. The van der Waals surface area contributed by atoms with Crippen molar-refractivity contribution < 1.29 is 9.90 Å². The Labute approximate surface area is 67.6 Å². The van der Waals surface area contributed by atoms with Crippen molar-refractivity contribution in [1.29, 1.82) is 0 Å². The Bertz CT molecular complexity index is 172. The summed E-state index contributed by atoms with van der Waals surface area (Å²) in [5.74, 6) is -0.244. The van der Waals surface area contributed by atoms with E-state index >= 15 is 0 Å². The number of hydrogen-bond acceptors (Lipinski definition) is 1. The highest BCUT2D eigenvalue weighted by Gasteiger charge is 2.50. The Hall–Kier alpha value is -0.530. The van der Waals surface area contributed by atoms with E-state index in [1.165, 1.54) is 0 Å². The van der Waals surface area contributed by atoms with Crippen molar-refractivity contribution in [2.75, 3.05) is 0 Å². The van der Waals surface area contributed by atoms with Gasteiger partial charge in [-0.1, -0.05) is 27.2 Å². The summed E-state index contributed by atoms with van der Waals surface area (Å²) in [7, 11) is 0. The van der Waals surface area contributed by atoms with Gasteiger partial charge in [0.25, 0.3) is 0 Å². The molecular formula is C9H16O2. The van der Waals surface area contributed by atoms with E-state index in [1.807, 2.05) is 0 Å². The van der Waals surface area contributed by atoms with E-state index in [9.17, 15) is 4.79 Å². The van der Waals surface area contributed by atoms with Gasteiger partial charge in [0.15, 0.2) is 0 Å². The van der Waals surface area contributed by atoms with Crippen LogP contribution >= 0.6 is 0 Å². The second-order valence-corrected chi connectivity index (χ2v) is 4.13. The minimum Gasteiger partial charge on any atom is -0.481 e. The van der Waals surface area contributed by atoms with Crippen LogP contribution in [0.3, 0.4) is 0 Å². The molecule has 1 fully saturated rings. The van der Waals surface area contributed by atoms with Crippen LogP contribution < -0.4 is 0 Å². The first kappa shape index (κ1) is 8.57. The smallest absolute Gasteiger partial charge is 0.306 e. The van der Waals surface area contributed by atoms with Gasteiger partial charge in [-0.2, -0.15) is 0 Å². The predicted octanol–water partition coefficient (Wildman–Crippen LogP) is 2.14. The Morgan fingerprint density at radius 3 is 2.45 bits per heavy atom. The molecule has 1 aliphatic carbocycles. The average molecular weight is 156 g/mol. The highest BCUT2D eigenvalue weighted by Crippen LogP contribution is 2.52. The molecule has 2 nitrogen and oxygen atoms in total. The fourth-order valence-corrected chi connectivity index (χ4v) is 1.59. The number of carboxylic acid groups (broad SMARTS) is 1. The fraction of sp³-hybridized carbons (Fsp3) is 0.889. The summed E-state index contributed by atoms with van der Waals surface area (Å²) in [4.78, 5) is 10.5. The summed E-state index contributed by atoms with van der Waals surface area (Å²) in [5, 5.41) is 8.68. The van der Waals surface area contributed by atoms with Crippen LogP contribution in [0.25, 0.3) is 0 Å². The molecule has 64 valence electrons. The Balaban J connectivity index is 2.49. The zero-order valence-electron chi connectivity index (χ0n) is 7.42. The molecule has 1 saturated carbocycles. The van der Waals surface area contributed by atoms with Crippen molar-refractivity contribution in [2.24, 2.45) is 17.3 Å². The van der Waals surface area contributed by atoms with Crippen molar-refractivity contribution in [2.45, 2.75) is 33.6 Å². The largest absolute Gasteiger partial charge is 0.481 e. The third-order valence-corrected chi connectivity index (χ3v) is 3.02. The SMILES string of the molecule is CCC(C)(C)C1CC1C(=O)O. The maximum atomic E-state index is 10.5. The van der Waals surface area contributed by atoms with Gasteiger partial charge in [0.1, 0.15) is 0 Å². The zero-order valence-corrected chi connectivity index (χ0v) is 7.42. The fourth-order valence-electron chi connectivity index (χ4n) is 1.59. The molecule has 11 heavy (non-hydrogen) atoms. The average Bonchev–Trinajstić information content (AvgIpc) is 2.65. The first-order valence-electron chi connectivity index (χ1n) is 4.22. The Morgan fingerprint density at radius 2 is 2.18 bits per heavy atom. The number of carboxylic acids is 1. The van der Waals surface area contributed by atoms with Crippen molar-refractivity contribution in [1.82, 2.24) is 0 Å². The van der Waals surface area contributed by atoms with Gasteiger partial charge in [-0.05, 0) is 17.8 Å². The van der Waals surface area contributed by atoms with E-state index in [0.29, 0.717) is 5.92 Å². The van der Waals surface area contributed by atoms with Gasteiger partial charge in [0, 0.05) is 0 Å². The van der Waals surface area contributed by atoms with Crippen LogP contribution in [-0.2, 0) is 4.79 Å². The lowest BCUT2D eigenvalue weighted by Crippen LogP contribution is -2.16. The normalized spacial score (nSPS) is 30.1. The molecule has 2 heteroatoms. The van der Waals surface area contributed by atoms with E-state index in [4.69, 9.17) is 5.11 Å². The quantitative estimate of drug-likeness (QED) is 0.679. The minimum absolute atomic E-state index is 0.0510. The van der Waals surface area contributed by atoms with Crippen LogP contribution in [0.1, 0.15) is 33.6 Å². The van der Waals surface area contributed by atoms with Gasteiger partial charge < -0.3 is 5.11 Å². The standard InChI is InChI=1S/C9H16O2/c1-4-9(2,3)7-5-6(7)8(10)11/h6-7H,4-5H2,1-3H3,(H,10,11). The lowest BCUT2D eigenvalue weighted by molar-refractivity contribution is -0.139. The molecule has 0 aliphatic heterocycles. The molecule has 0 saturated heterocycles. The Morgan fingerprint density at radius 1 is 1.64 bits per heavy atom. The predicted molar refractivity (Wildman–Crippen MR) is 43.3 cm³/mol. The third-order valence-electron chi connectivity index (χ3n) is 3.02. The maximum Gasteiger partial charge on any atom is 0.306 e. The van der Waals surface area contributed by atoms with Gasteiger partial charge in [0.2, 0.25) is 0 Å². The van der Waals surface area contributed by atoms with E-state index < -0.39 is 5.97 Å². The van der Waals surface area contributed by atoms with Crippen LogP contribution in [0.2, 0.25) is 0 Å². The van der Waals surface area contributed by atoms with Crippen LogP contribution in [-0.4, -0.2) is 11.1 Å². The minimum atomic E-state index is -0.614. The molecule has 0 bridgehead atoms. The highest BCUT2D eigenvalue weighted by molar-refractivity contribution is 5.73. The summed E-state index contributed by atoms with van der Waals surface area (Å²) >= 11 is 0. The number of aliphatic carboxylic acids is 1.